The van der Waals surface area contributed by atoms with Gasteiger partial charge in [-0.15, -0.1) is 0 Å². The molecule has 1 aromatic carbocycles. The number of benzene rings is 1. The Morgan fingerprint density at radius 1 is 0.816 bits per heavy atom. The normalized spacial score (nSPS) is 11.5. The van der Waals surface area contributed by atoms with Crippen molar-refractivity contribution >= 4 is 11.6 Å². The van der Waals surface area contributed by atoms with Gasteiger partial charge < -0.3 is 4.74 Å². The molecule has 0 unspecified atom stereocenters. The van der Waals surface area contributed by atoms with Gasteiger partial charge in [-0.2, -0.15) is 0 Å². The van der Waals surface area contributed by atoms with E-state index >= 15 is 0 Å². The number of para-hydroxylation sites is 1. The van der Waals surface area contributed by atoms with Crippen molar-refractivity contribution in [2.75, 3.05) is 11.5 Å². The van der Waals surface area contributed by atoms with Crippen molar-refractivity contribution in [1.82, 2.24) is 0 Å². The molecule has 0 bridgehead atoms. The van der Waals surface area contributed by atoms with Gasteiger partial charge in [0.2, 0.25) is 11.6 Å². The van der Waals surface area contributed by atoms with Crippen LogP contribution in [-0.4, -0.2) is 12.5 Å². The molecule has 1 aromatic heterocycles. The van der Waals surface area contributed by atoms with E-state index < -0.39 is 0 Å². The average molecular weight is 524 g/mol. The van der Waals surface area contributed by atoms with Crippen LogP contribution >= 0.6 is 0 Å². The summed E-state index contributed by atoms with van der Waals surface area (Å²) in [6, 6.07) is 12.4. The minimum absolute atomic E-state index is 0.0257. The smallest absolute Gasteiger partial charge is 0.224 e. The second kappa shape index (κ2) is 17.3. The molecule has 38 heavy (non-hydrogen) atoms. The quantitative estimate of drug-likeness (QED) is 0.144. The summed E-state index contributed by atoms with van der Waals surface area (Å²) in [5.74, 6) is 0.884. The molecule has 0 N–H and O–H groups in total. The third-order valence-corrected chi connectivity index (χ3v) is 7.41. The average Bonchev–Trinajstić information content (AvgIpc) is 2.89. The Morgan fingerprint density at radius 2 is 1.42 bits per heavy atom. The summed E-state index contributed by atoms with van der Waals surface area (Å²) < 4.78 is 8.70. The molecule has 0 aliphatic rings. The van der Waals surface area contributed by atoms with Gasteiger partial charge >= 0.3 is 0 Å². The maximum Gasteiger partial charge on any atom is 0.224 e. The largest absolute Gasteiger partial charge is 0.491 e. The number of unbranched alkanes of at least 4 members (excludes halogenated alkanes) is 11. The molecule has 0 saturated carbocycles. The number of amides is 1. The van der Waals surface area contributed by atoms with Crippen LogP contribution in [0.4, 0.5) is 5.69 Å². The molecule has 1 heterocycles. The molecule has 2 aromatic rings. The van der Waals surface area contributed by atoms with Crippen LogP contribution < -0.4 is 14.2 Å². The van der Waals surface area contributed by atoms with Crippen LogP contribution in [0.1, 0.15) is 130 Å². The van der Waals surface area contributed by atoms with Gasteiger partial charge in [0.05, 0.1) is 12.3 Å². The Balaban J connectivity index is 1.97. The van der Waals surface area contributed by atoms with Crippen LogP contribution in [0.15, 0.2) is 42.6 Å². The monoisotopic (exact) mass is 523 g/mol. The van der Waals surface area contributed by atoms with E-state index in [1.165, 1.54) is 70.6 Å². The molecule has 0 radical (unpaired) electrons. The fourth-order valence-electron chi connectivity index (χ4n) is 5.09. The van der Waals surface area contributed by atoms with Gasteiger partial charge in [-0.3, -0.25) is 9.69 Å². The van der Waals surface area contributed by atoms with Gasteiger partial charge in [-0.1, -0.05) is 117 Å². The topological polar surface area (TPSA) is 33.4 Å². The zero-order chi connectivity index (χ0) is 27.8. The van der Waals surface area contributed by atoms with Crippen LogP contribution in [0.2, 0.25) is 0 Å². The first kappa shape index (κ1) is 31.9. The van der Waals surface area contributed by atoms with Gasteiger partial charge in [-0.25, -0.2) is 4.57 Å². The summed E-state index contributed by atoms with van der Waals surface area (Å²) >= 11 is 0. The number of aryl methyl sites for hydroxylation is 1. The lowest BCUT2D eigenvalue weighted by atomic mass is 9.85. The number of anilines is 1. The van der Waals surface area contributed by atoms with E-state index in [9.17, 15) is 4.79 Å². The molecular weight excluding hydrogens is 468 g/mol. The number of pyridine rings is 1. The number of hydrogen-bond acceptors (Lipinski definition) is 2. The highest BCUT2D eigenvalue weighted by atomic mass is 16.5. The molecule has 1 amide bonds. The van der Waals surface area contributed by atoms with Crippen molar-refractivity contribution in [3.8, 4) is 5.75 Å². The first-order chi connectivity index (χ1) is 18.3. The molecule has 0 aliphatic carbocycles. The van der Waals surface area contributed by atoms with E-state index in [4.69, 9.17) is 4.74 Å². The maximum absolute atomic E-state index is 12.9. The van der Waals surface area contributed by atoms with Crippen LogP contribution in [-0.2, 0) is 23.3 Å². The Bertz CT molecular complexity index is 948. The van der Waals surface area contributed by atoms with E-state index in [1.807, 2.05) is 23.1 Å². The van der Waals surface area contributed by atoms with Gasteiger partial charge in [0.15, 0.2) is 6.20 Å². The van der Waals surface area contributed by atoms with Crippen molar-refractivity contribution in [3.05, 3.63) is 53.9 Å². The van der Waals surface area contributed by atoms with Gasteiger partial charge in [0, 0.05) is 24.6 Å². The second-order valence-corrected chi connectivity index (χ2v) is 11.7. The summed E-state index contributed by atoms with van der Waals surface area (Å²) in [7, 11) is 0. The van der Waals surface area contributed by atoms with E-state index in [0.29, 0.717) is 13.2 Å². The molecule has 0 atom stereocenters. The number of nitrogens with zero attached hydrogens (tertiary/aromatic N) is 2. The van der Waals surface area contributed by atoms with E-state index in [-0.39, 0.29) is 11.3 Å². The lowest BCUT2D eigenvalue weighted by Gasteiger charge is -2.29. The number of ether oxygens (including phenoxy) is 1. The fourth-order valence-corrected chi connectivity index (χ4v) is 5.09. The molecule has 0 fully saturated rings. The third-order valence-electron chi connectivity index (χ3n) is 7.41. The molecule has 212 valence electrons. The molecule has 0 aliphatic heterocycles. The lowest BCUT2D eigenvalue weighted by molar-refractivity contribution is -0.700. The van der Waals surface area contributed by atoms with Crippen LogP contribution in [0, 0.1) is 0 Å². The highest BCUT2D eigenvalue weighted by Gasteiger charge is 2.26. The minimum Gasteiger partial charge on any atom is -0.491 e. The number of carbonyl (C=O) groups is 1. The molecule has 0 spiro atoms. The van der Waals surface area contributed by atoms with Crippen molar-refractivity contribution < 1.29 is 14.1 Å². The van der Waals surface area contributed by atoms with Crippen LogP contribution in [0.3, 0.4) is 0 Å². The zero-order valence-corrected chi connectivity index (χ0v) is 25.4. The Morgan fingerprint density at radius 3 is 1.97 bits per heavy atom. The van der Waals surface area contributed by atoms with Crippen LogP contribution in [0.5, 0.6) is 5.75 Å². The summed E-state index contributed by atoms with van der Waals surface area (Å²) in [5, 5.41) is 0. The van der Waals surface area contributed by atoms with E-state index in [1.54, 1.807) is 6.92 Å². The lowest BCUT2D eigenvalue weighted by Crippen LogP contribution is -2.41. The first-order valence-electron chi connectivity index (χ1n) is 15.3. The van der Waals surface area contributed by atoms with Gasteiger partial charge in [-0.05, 0) is 24.8 Å². The van der Waals surface area contributed by atoms with Crippen molar-refractivity contribution in [1.29, 1.82) is 0 Å². The molecule has 4 heteroatoms. The summed E-state index contributed by atoms with van der Waals surface area (Å²) in [5.41, 5.74) is 3.05. The first-order valence-corrected chi connectivity index (χ1v) is 15.3. The van der Waals surface area contributed by atoms with Crippen LogP contribution in [0.25, 0.3) is 0 Å². The van der Waals surface area contributed by atoms with Gasteiger partial charge in [0.1, 0.15) is 18.8 Å². The highest BCUT2D eigenvalue weighted by Crippen LogP contribution is 2.39. The number of rotatable bonds is 18. The fraction of sp³-hybridized carbons (Fsp3) is 0.647. The zero-order valence-electron chi connectivity index (χ0n) is 25.4. The third kappa shape index (κ3) is 10.8. The Hall–Kier alpha value is -2.36. The predicted molar refractivity (Wildman–Crippen MR) is 161 cm³/mol. The van der Waals surface area contributed by atoms with Crippen molar-refractivity contribution in [2.24, 2.45) is 0 Å². The van der Waals surface area contributed by atoms with Gasteiger partial charge in [0.25, 0.3) is 0 Å². The summed E-state index contributed by atoms with van der Waals surface area (Å²) in [6.45, 7) is 14.8. The van der Waals surface area contributed by atoms with E-state index in [2.05, 4.69) is 63.6 Å². The van der Waals surface area contributed by atoms with Crippen molar-refractivity contribution in [3.63, 3.8) is 0 Å². The second-order valence-electron chi connectivity index (χ2n) is 11.7. The van der Waals surface area contributed by atoms with Crippen molar-refractivity contribution in [2.45, 2.75) is 137 Å². The Kier molecular flexibility index (Phi) is 14.5. The maximum atomic E-state index is 12.9. The Labute approximate surface area is 233 Å². The number of aromatic nitrogens is 1. The minimum atomic E-state index is -0.0829. The van der Waals surface area contributed by atoms with E-state index in [0.717, 1.165) is 35.7 Å². The summed E-state index contributed by atoms with van der Waals surface area (Å²) in [4.78, 5) is 14.8. The molecular formula is C34H55N2O2+. The predicted octanol–water partition coefficient (Wildman–Crippen LogP) is 8.92. The highest BCUT2D eigenvalue weighted by molar-refractivity contribution is 5.93. The SMILES string of the molecule is CCCCCCCCCCCCCCOc1c(N(Cc2cccc[n+]2CC)C(C)=O)cccc1C(C)(C)C. The number of hydrogen-bond donors (Lipinski definition) is 0. The number of carbonyl (C=O) groups excluding carboxylic acids is 1. The molecule has 2 rings (SSSR count). The molecule has 0 saturated heterocycles. The molecule has 4 nitrogen and oxygen atoms in total. The standard InChI is InChI=1S/C34H55N2O2/c1-7-9-10-11-12-13-14-15-16-17-18-21-27-38-33-31(34(4,5)6)24-22-25-32(33)36(29(3)37)28-30-23-19-20-26-35(30)8-2/h19-20,22-26H,7-18,21,27-28H2,1-6H3/q+1. The summed E-state index contributed by atoms with van der Waals surface area (Å²) in [6.07, 6.45) is 18.0.